The van der Waals surface area contributed by atoms with E-state index in [9.17, 15) is 31.1 Å². The van der Waals surface area contributed by atoms with E-state index in [0.717, 1.165) is 22.1 Å². The number of alkyl halides is 5. The summed E-state index contributed by atoms with van der Waals surface area (Å²) >= 11 is 5.83. The second-order valence-corrected chi connectivity index (χ2v) is 7.85. The first-order valence-electron chi connectivity index (χ1n) is 9.68. The number of amides is 2. The molecule has 3 heterocycles. The molecule has 14 heteroatoms. The van der Waals surface area contributed by atoms with E-state index >= 15 is 0 Å². The molecule has 4 rings (SSSR count). The van der Waals surface area contributed by atoms with Crippen LogP contribution in [0.1, 0.15) is 18.0 Å². The van der Waals surface area contributed by atoms with Gasteiger partial charge in [0.25, 0.3) is 5.92 Å². The molecule has 1 aromatic carbocycles. The Morgan fingerprint density at radius 2 is 1.97 bits per heavy atom. The average molecular weight is 506 g/mol. The van der Waals surface area contributed by atoms with Crippen molar-refractivity contribution in [3.63, 3.8) is 0 Å². The predicted octanol–water partition coefficient (Wildman–Crippen LogP) is 5.41. The van der Waals surface area contributed by atoms with Gasteiger partial charge in [-0.15, -0.1) is 10.2 Å². The van der Waals surface area contributed by atoms with Gasteiger partial charge >= 0.3 is 18.1 Å². The Kier molecular flexibility index (Phi) is 6.14. The van der Waals surface area contributed by atoms with Gasteiger partial charge in [0, 0.05) is 24.8 Å². The van der Waals surface area contributed by atoms with Gasteiger partial charge in [-0.25, -0.2) is 18.0 Å². The molecular weight excluding hydrogens is 492 g/mol. The van der Waals surface area contributed by atoms with Crippen molar-refractivity contribution in [2.45, 2.75) is 25.1 Å². The van der Waals surface area contributed by atoms with Gasteiger partial charge in [0.15, 0.2) is 0 Å². The highest BCUT2D eigenvalue weighted by Crippen LogP contribution is 2.32. The number of pyridine rings is 1. The molecule has 1 fully saturated rings. The summed E-state index contributed by atoms with van der Waals surface area (Å²) in [6, 6.07) is 5.43. The van der Waals surface area contributed by atoms with Crippen LogP contribution in [0.2, 0.25) is 5.02 Å². The number of carbonyl (C=O) groups excluding carboxylic acids is 1. The van der Waals surface area contributed by atoms with Crippen LogP contribution in [-0.4, -0.2) is 45.1 Å². The molecule has 2 amide bonds. The highest BCUT2D eigenvalue weighted by atomic mass is 35.5. The standard InChI is InChI=1S/C20H14ClF6N5O2/c21-14-7-13(3-4-15(14)22)32(18(33)31-6-5-19(23,24)10-31)9-12-2-1-11(8-28-12)16-29-30-17(34-16)20(25,26)27/h1-4,7-8H,5-6,9-10H2. The number of likely N-dealkylation sites (tertiary alicyclic amines) is 1. The molecule has 180 valence electrons. The van der Waals surface area contributed by atoms with Crippen molar-refractivity contribution in [3.8, 4) is 11.5 Å². The third-order valence-corrected chi connectivity index (χ3v) is 5.23. The minimum atomic E-state index is -4.80. The Hall–Kier alpha value is -3.35. The smallest absolute Gasteiger partial charge is 0.413 e. The summed E-state index contributed by atoms with van der Waals surface area (Å²) in [5, 5.41) is 5.99. The van der Waals surface area contributed by atoms with Crippen LogP contribution >= 0.6 is 11.6 Å². The molecule has 0 bridgehead atoms. The van der Waals surface area contributed by atoms with E-state index in [4.69, 9.17) is 11.6 Å². The number of carbonyl (C=O) groups is 1. The number of nitrogens with zero attached hydrogens (tertiary/aromatic N) is 5. The monoisotopic (exact) mass is 505 g/mol. The zero-order chi connectivity index (χ0) is 24.7. The topological polar surface area (TPSA) is 75.4 Å². The Bertz CT molecular complexity index is 1200. The molecule has 0 radical (unpaired) electrons. The number of hydrogen-bond donors (Lipinski definition) is 0. The molecule has 0 N–H and O–H groups in total. The lowest BCUT2D eigenvalue weighted by molar-refractivity contribution is -0.156. The highest BCUT2D eigenvalue weighted by Gasteiger charge is 2.42. The van der Waals surface area contributed by atoms with Gasteiger partial charge in [0.2, 0.25) is 5.89 Å². The molecule has 1 aliphatic heterocycles. The van der Waals surface area contributed by atoms with Crippen molar-refractivity contribution in [3.05, 3.63) is 59.0 Å². The first-order chi connectivity index (χ1) is 15.9. The molecule has 2 aromatic heterocycles. The normalized spacial score (nSPS) is 15.6. The molecule has 3 aromatic rings. The lowest BCUT2D eigenvalue weighted by atomic mass is 10.2. The second-order valence-electron chi connectivity index (χ2n) is 7.44. The van der Waals surface area contributed by atoms with Gasteiger partial charge in [0.1, 0.15) is 5.82 Å². The third kappa shape index (κ3) is 5.08. The number of benzene rings is 1. The van der Waals surface area contributed by atoms with Crippen LogP contribution in [0, 0.1) is 5.82 Å². The van der Waals surface area contributed by atoms with E-state index in [2.05, 4.69) is 19.6 Å². The van der Waals surface area contributed by atoms with E-state index < -0.39 is 48.7 Å². The maximum absolute atomic E-state index is 13.7. The summed E-state index contributed by atoms with van der Waals surface area (Å²) in [5.74, 6) is -5.69. The zero-order valence-corrected chi connectivity index (χ0v) is 17.7. The Morgan fingerprint density at radius 3 is 2.53 bits per heavy atom. The summed E-state index contributed by atoms with van der Waals surface area (Å²) < 4.78 is 83.5. The Labute approximate surface area is 192 Å². The number of urea groups is 1. The maximum atomic E-state index is 13.7. The van der Waals surface area contributed by atoms with Crippen LogP contribution in [0.5, 0.6) is 0 Å². The molecule has 0 spiro atoms. The summed E-state index contributed by atoms with van der Waals surface area (Å²) in [4.78, 5) is 19.2. The zero-order valence-electron chi connectivity index (χ0n) is 17.0. The maximum Gasteiger partial charge on any atom is 0.470 e. The van der Waals surface area contributed by atoms with E-state index in [-0.39, 0.29) is 35.1 Å². The number of halogens is 7. The van der Waals surface area contributed by atoms with Crippen LogP contribution < -0.4 is 4.90 Å². The summed E-state index contributed by atoms with van der Waals surface area (Å²) in [5.41, 5.74) is 0.483. The quantitative estimate of drug-likeness (QED) is 0.443. The minimum Gasteiger partial charge on any atom is -0.413 e. The van der Waals surface area contributed by atoms with E-state index in [0.29, 0.717) is 0 Å². The van der Waals surface area contributed by atoms with E-state index in [1.807, 2.05) is 0 Å². The minimum absolute atomic E-state index is 0.0913. The average Bonchev–Trinajstić information content (AvgIpc) is 3.41. The van der Waals surface area contributed by atoms with E-state index in [1.54, 1.807) is 0 Å². The van der Waals surface area contributed by atoms with Crippen LogP contribution in [0.15, 0.2) is 40.9 Å². The van der Waals surface area contributed by atoms with Gasteiger partial charge in [-0.3, -0.25) is 9.88 Å². The third-order valence-electron chi connectivity index (χ3n) is 4.95. The molecule has 34 heavy (non-hydrogen) atoms. The molecule has 0 saturated carbocycles. The first-order valence-corrected chi connectivity index (χ1v) is 10.1. The molecule has 7 nitrogen and oxygen atoms in total. The molecule has 1 saturated heterocycles. The van der Waals surface area contributed by atoms with Gasteiger partial charge in [-0.2, -0.15) is 13.2 Å². The lowest BCUT2D eigenvalue weighted by Crippen LogP contribution is -2.43. The molecule has 0 aliphatic carbocycles. The lowest BCUT2D eigenvalue weighted by Gasteiger charge is -2.28. The van der Waals surface area contributed by atoms with Crippen LogP contribution in [-0.2, 0) is 12.7 Å². The fourth-order valence-electron chi connectivity index (χ4n) is 3.25. The van der Waals surface area contributed by atoms with Crippen molar-refractivity contribution in [1.82, 2.24) is 20.1 Å². The Morgan fingerprint density at radius 1 is 1.21 bits per heavy atom. The van der Waals surface area contributed by atoms with Crippen molar-refractivity contribution in [2.75, 3.05) is 18.0 Å². The van der Waals surface area contributed by atoms with Crippen LogP contribution in [0.25, 0.3) is 11.5 Å². The van der Waals surface area contributed by atoms with Gasteiger partial charge in [0.05, 0.1) is 29.4 Å². The fourth-order valence-corrected chi connectivity index (χ4v) is 3.43. The van der Waals surface area contributed by atoms with Crippen molar-refractivity contribution in [1.29, 1.82) is 0 Å². The summed E-state index contributed by atoms with van der Waals surface area (Å²) in [7, 11) is 0. The number of aromatic nitrogens is 3. The summed E-state index contributed by atoms with van der Waals surface area (Å²) in [6.07, 6.45) is -4.14. The van der Waals surface area contributed by atoms with Gasteiger partial charge in [-0.1, -0.05) is 11.6 Å². The van der Waals surface area contributed by atoms with Crippen LogP contribution in [0.3, 0.4) is 0 Å². The number of anilines is 1. The number of rotatable bonds is 4. The molecule has 0 atom stereocenters. The number of hydrogen-bond acceptors (Lipinski definition) is 5. The van der Waals surface area contributed by atoms with Crippen molar-refractivity contribution in [2.24, 2.45) is 0 Å². The SMILES string of the molecule is O=C(N1CCC(F)(F)C1)N(Cc1ccc(-c2nnc(C(F)(F)F)o2)cn1)c1ccc(F)c(Cl)c1. The fraction of sp³-hybridized carbons (Fsp3) is 0.300. The highest BCUT2D eigenvalue weighted by molar-refractivity contribution is 6.31. The molecule has 0 unspecified atom stereocenters. The molecular formula is C20H14ClF6N5O2. The summed E-state index contributed by atoms with van der Waals surface area (Å²) in [6.45, 7) is -1.18. The van der Waals surface area contributed by atoms with E-state index in [1.165, 1.54) is 24.3 Å². The van der Waals surface area contributed by atoms with Gasteiger partial charge in [-0.05, 0) is 30.3 Å². The molecule has 1 aliphatic rings. The largest absolute Gasteiger partial charge is 0.470 e. The second kappa shape index (κ2) is 8.78. The van der Waals surface area contributed by atoms with Crippen LogP contribution in [0.4, 0.5) is 36.8 Å². The Balaban J connectivity index is 1.59. The van der Waals surface area contributed by atoms with Crippen molar-refractivity contribution < 1.29 is 35.6 Å². The van der Waals surface area contributed by atoms with Gasteiger partial charge < -0.3 is 9.32 Å². The van der Waals surface area contributed by atoms with Crippen molar-refractivity contribution >= 4 is 23.3 Å². The predicted molar refractivity (Wildman–Crippen MR) is 107 cm³/mol. The first kappa shape index (κ1) is 23.8.